The van der Waals surface area contributed by atoms with Gasteiger partial charge < -0.3 is 10.5 Å². The number of halogens is 1. The fraction of sp³-hybridized carbons (Fsp3) is 0.231. The Bertz CT molecular complexity index is 730. The van der Waals surface area contributed by atoms with Crippen LogP contribution in [0, 0.1) is 0 Å². The number of nitrogens with two attached hydrogens (primary N) is 1. The summed E-state index contributed by atoms with van der Waals surface area (Å²) in [5.74, 6) is 0.238. The smallest absolute Gasteiger partial charge is 0.244 e. The van der Waals surface area contributed by atoms with Crippen LogP contribution in [-0.2, 0) is 10.0 Å². The SMILES string of the molecule is COc1cc(Br)c(N)cc1S(=O)(=O)NC(C)c1cccs1. The van der Waals surface area contributed by atoms with Crippen LogP contribution in [-0.4, -0.2) is 15.5 Å². The van der Waals surface area contributed by atoms with E-state index in [4.69, 9.17) is 10.5 Å². The van der Waals surface area contributed by atoms with E-state index in [1.165, 1.54) is 24.5 Å². The second-order valence-corrected chi connectivity index (χ2v) is 7.90. The van der Waals surface area contributed by atoms with E-state index in [0.29, 0.717) is 10.2 Å². The van der Waals surface area contributed by atoms with Crippen molar-refractivity contribution in [3.8, 4) is 5.75 Å². The third-order valence-electron chi connectivity index (χ3n) is 2.87. The fourth-order valence-electron chi connectivity index (χ4n) is 1.81. The summed E-state index contributed by atoms with van der Waals surface area (Å²) in [5, 5.41) is 1.90. The molecule has 0 radical (unpaired) electrons. The van der Waals surface area contributed by atoms with E-state index in [0.717, 1.165) is 4.88 Å². The van der Waals surface area contributed by atoms with E-state index in [9.17, 15) is 8.42 Å². The van der Waals surface area contributed by atoms with Crippen molar-refractivity contribution in [2.75, 3.05) is 12.8 Å². The van der Waals surface area contributed by atoms with Crippen LogP contribution >= 0.6 is 27.3 Å². The maximum absolute atomic E-state index is 12.5. The lowest BCUT2D eigenvalue weighted by Crippen LogP contribution is -2.27. The molecule has 2 aromatic rings. The minimum absolute atomic E-state index is 0.0223. The van der Waals surface area contributed by atoms with Gasteiger partial charge in [-0.2, -0.15) is 0 Å². The zero-order valence-electron chi connectivity index (χ0n) is 11.5. The summed E-state index contributed by atoms with van der Waals surface area (Å²) in [4.78, 5) is 0.955. The number of nitrogen functional groups attached to an aromatic ring is 1. The van der Waals surface area contributed by atoms with Gasteiger partial charge in [0, 0.05) is 15.0 Å². The van der Waals surface area contributed by atoms with Crippen LogP contribution in [0.15, 0.2) is 39.0 Å². The van der Waals surface area contributed by atoms with Crippen LogP contribution in [0.4, 0.5) is 5.69 Å². The van der Waals surface area contributed by atoms with Crippen molar-refractivity contribution in [1.82, 2.24) is 4.72 Å². The number of thiophene rings is 1. The molecule has 0 aliphatic heterocycles. The molecule has 1 unspecified atom stereocenters. The van der Waals surface area contributed by atoms with Crippen LogP contribution < -0.4 is 15.2 Å². The lowest BCUT2D eigenvalue weighted by atomic mass is 10.3. The minimum atomic E-state index is -3.74. The maximum Gasteiger partial charge on any atom is 0.244 e. The first kappa shape index (κ1) is 16.3. The number of hydrogen-bond donors (Lipinski definition) is 2. The lowest BCUT2D eigenvalue weighted by Gasteiger charge is -2.16. The second kappa shape index (κ2) is 6.35. The predicted molar refractivity (Wildman–Crippen MR) is 88.2 cm³/mol. The Hall–Kier alpha value is -1.09. The highest BCUT2D eigenvalue weighted by Crippen LogP contribution is 2.33. The van der Waals surface area contributed by atoms with Gasteiger partial charge in [0.1, 0.15) is 10.6 Å². The highest BCUT2D eigenvalue weighted by atomic mass is 79.9. The molecular formula is C13H15BrN2O3S2. The average Bonchev–Trinajstić information content (AvgIpc) is 2.94. The van der Waals surface area contributed by atoms with E-state index in [1.807, 2.05) is 17.5 Å². The molecule has 1 atom stereocenters. The van der Waals surface area contributed by atoms with E-state index in [-0.39, 0.29) is 16.7 Å². The lowest BCUT2D eigenvalue weighted by molar-refractivity contribution is 0.402. The van der Waals surface area contributed by atoms with E-state index in [1.54, 1.807) is 13.0 Å². The average molecular weight is 391 g/mol. The molecule has 21 heavy (non-hydrogen) atoms. The first-order valence-corrected chi connectivity index (χ1v) is 9.19. The van der Waals surface area contributed by atoms with Gasteiger partial charge in [-0.3, -0.25) is 0 Å². The Balaban J connectivity index is 2.38. The van der Waals surface area contributed by atoms with Crippen LogP contribution in [0.1, 0.15) is 17.8 Å². The summed E-state index contributed by atoms with van der Waals surface area (Å²) in [7, 11) is -2.32. The molecule has 1 heterocycles. The summed E-state index contributed by atoms with van der Waals surface area (Å²) < 4.78 is 33.4. The predicted octanol–water partition coefficient (Wildman–Crippen LogP) is 3.14. The number of methoxy groups -OCH3 is 1. The topological polar surface area (TPSA) is 81.4 Å². The third-order valence-corrected chi connectivity index (χ3v) is 6.18. The van der Waals surface area contributed by atoms with Gasteiger partial charge in [-0.25, -0.2) is 13.1 Å². The van der Waals surface area contributed by atoms with E-state index >= 15 is 0 Å². The van der Waals surface area contributed by atoms with E-state index < -0.39 is 10.0 Å². The molecule has 114 valence electrons. The second-order valence-electron chi connectivity index (χ2n) is 4.38. The van der Waals surface area contributed by atoms with Gasteiger partial charge in [0.05, 0.1) is 13.2 Å². The molecule has 0 saturated heterocycles. The number of anilines is 1. The fourth-order valence-corrected chi connectivity index (χ4v) is 4.35. The van der Waals surface area contributed by atoms with Gasteiger partial charge in [0.25, 0.3) is 0 Å². The third kappa shape index (κ3) is 3.57. The van der Waals surface area contributed by atoms with Crippen molar-refractivity contribution >= 4 is 43.0 Å². The Morgan fingerprint density at radius 3 is 2.71 bits per heavy atom. The Morgan fingerprint density at radius 2 is 2.14 bits per heavy atom. The Morgan fingerprint density at radius 1 is 1.43 bits per heavy atom. The summed E-state index contributed by atoms with van der Waals surface area (Å²) in [6.07, 6.45) is 0. The summed E-state index contributed by atoms with van der Waals surface area (Å²) in [6, 6.07) is 6.35. The van der Waals surface area contributed by atoms with Crippen molar-refractivity contribution < 1.29 is 13.2 Å². The molecule has 1 aromatic heterocycles. The molecule has 0 aliphatic rings. The number of rotatable bonds is 5. The Kier molecular flexibility index (Phi) is 4.92. The van der Waals surface area contributed by atoms with Crippen LogP contribution in [0.25, 0.3) is 0 Å². The van der Waals surface area contributed by atoms with Gasteiger partial charge in [-0.05, 0) is 46.4 Å². The molecule has 0 bridgehead atoms. The first-order valence-electron chi connectivity index (χ1n) is 6.04. The quantitative estimate of drug-likeness (QED) is 0.768. The van der Waals surface area contributed by atoms with Crippen molar-refractivity contribution in [1.29, 1.82) is 0 Å². The molecule has 3 N–H and O–H groups in total. The van der Waals surface area contributed by atoms with Crippen molar-refractivity contribution in [2.24, 2.45) is 0 Å². The highest BCUT2D eigenvalue weighted by molar-refractivity contribution is 9.10. The molecule has 0 fully saturated rings. The van der Waals surface area contributed by atoms with Crippen molar-refractivity contribution in [3.05, 3.63) is 39.0 Å². The molecular weight excluding hydrogens is 376 g/mol. The number of nitrogens with one attached hydrogen (secondary N) is 1. The molecule has 0 spiro atoms. The van der Waals surface area contributed by atoms with Gasteiger partial charge in [0.15, 0.2) is 0 Å². The molecule has 8 heteroatoms. The number of sulfonamides is 1. The number of hydrogen-bond acceptors (Lipinski definition) is 5. The van der Waals surface area contributed by atoms with Crippen LogP contribution in [0.3, 0.4) is 0 Å². The molecule has 0 amide bonds. The zero-order chi connectivity index (χ0) is 15.6. The standard InChI is InChI=1S/C13H15BrN2O3S2/c1-8(12-4-3-5-20-12)16-21(17,18)13-7-10(15)9(14)6-11(13)19-2/h3-8,16H,15H2,1-2H3. The Labute approximate surface area is 136 Å². The normalized spacial score (nSPS) is 13.1. The largest absolute Gasteiger partial charge is 0.495 e. The van der Waals surface area contributed by atoms with E-state index in [2.05, 4.69) is 20.7 Å². The molecule has 2 rings (SSSR count). The van der Waals surface area contributed by atoms with Crippen molar-refractivity contribution in [3.63, 3.8) is 0 Å². The van der Waals surface area contributed by atoms with Crippen LogP contribution in [0.5, 0.6) is 5.75 Å². The minimum Gasteiger partial charge on any atom is -0.495 e. The highest BCUT2D eigenvalue weighted by Gasteiger charge is 2.24. The van der Waals surface area contributed by atoms with Gasteiger partial charge >= 0.3 is 0 Å². The summed E-state index contributed by atoms with van der Waals surface area (Å²) in [5.41, 5.74) is 6.11. The molecule has 0 saturated carbocycles. The maximum atomic E-state index is 12.5. The number of benzene rings is 1. The monoisotopic (exact) mass is 390 g/mol. The summed E-state index contributed by atoms with van der Waals surface area (Å²) in [6.45, 7) is 1.79. The first-order chi connectivity index (χ1) is 9.85. The van der Waals surface area contributed by atoms with Crippen LogP contribution in [0.2, 0.25) is 0 Å². The number of ether oxygens (including phenoxy) is 1. The molecule has 0 aliphatic carbocycles. The summed E-state index contributed by atoms with van der Waals surface area (Å²) >= 11 is 4.74. The molecule has 1 aromatic carbocycles. The van der Waals surface area contributed by atoms with Gasteiger partial charge in [0.2, 0.25) is 10.0 Å². The zero-order valence-corrected chi connectivity index (χ0v) is 14.7. The molecule has 5 nitrogen and oxygen atoms in total. The van der Waals surface area contributed by atoms with Crippen molar-refractivity contribution in [2.45, 2.75) is 17.9 Å². The van der Waals surface area contributed by atoms with Gasteiger partial charge in [-0.15, -0.1) is 11.3 Å². The van der Waals surface area contributed by atoms with Gasteiger partial charge in [-0.1, -0.05) is 6.07 Å².